The maximum Gasteiger partial charge on any atom is 0.0758 e. The maximum atomic E-state index is 4.35. The molecule has 0 atom stereocenters. The van der Waals surface area contributed by atoms with Gasteiger partial charge in [-0.1, -0.05) is 13.8 Å². The van der Waals surface area contributed by atoms with Gasteiger partial charge in [-0.05, 0) is 12.8 Å². The zero-order valence-electron chi connectivity index (χ0n) is 11.9. The molecule has 0 aliphatic carbocycles. The van der Waals surface area contributed by atoms with Crippen molar-refractivity contribution in [2.75, 3.05) is 5.32 Å². The monoisotopic (exact) mass is 283 g/mol. The van der Waals surface area contributed by atoms with Crippen LogP contribution in [-0.2, 0) is 20.1 Å². The highest BCUT2D eigenvalue weighted by Gasteiger charge is 2.04. The van der Waals surface area contributed by atoms with Gasteiger partial charge in [0.05, 0.1) is 23.8 Å². The molecule has 0 radical (unpaired) electrons. The lowest BCUT2D eigenvalue weighted by Crippen LogP contribution is -2.04. The van der Waals surface area contributed by atoms with Crippen LogP contribution < -0.4 is 5.32 Å². The van der Waals surface area contributed by atoms with Crippen molar-refractivity contribution in [2.24, 2.45) is 13.0 Å². The van der Waals surface area contributed by atoms with E-state index >= 15 is 0 Å². The van der Waals surface area contributed by atoms with Gasteiger partial charge in [0, 0.05) is 31.9 Å². The van der Waals surface area contributed by atoms with Crippen LogP contribution in [0.4, 0.5) is 5.69 Å². The summed E-state index contributed by atoms with van der Waals surface area (Å²) >= 11 is 0. The molecule has 0 aliphatic heterocycles. The fourth-order valence-corrected chi connectivity index (χ4v) is 1.84. The fraction of sp³-hybridized carbons (Fsp3) is 0.538. The molecule has 1 N–H and O–H groups in total. The van der Waals surface area contributed by atoms with Crippen molar-refractivity contribution in [1.82, 2.24) is 19.6 Å². The summed E-state index contributed by atoms with van der Waals surface area (Å²) in [6, 6.07) is 0. The number of aromatic nitrogens is 4. The highest BCUT2D eigenvalue weighted by Crippen LogP contribution is 2.13. The molecule has 0 unspecified atom stereocenters. The normalized spacial score (nSPS) is 10.6. The summed E-state index contributed by atoms with van der Waals surface area (Å²) in [6.45, 7) is 8.19. The Kier molecular flexibility index (Phi) is 5.42. The second-order valence-electron chi connectivity index (χ2n) is 5.09. The Balaban J connectivity index is 0.00000180. The second-order valence-corrected chi connectivity index (χ2v) is 5.09. The summed E-state index contributed by atoms with van der Waals surface area (Å²) in [5, 5.41) is 11.9. The minimum atomic E-state index is 0. The minimum absolute atomic E-state index is 0. The molecule has 2 heterocycles. The van der Waals surface area contributed by atoms with Crippen molar-refractivity contribution in [2.45, 2.75) is 33.9 Å². The molecule has 0 spiro atoms. The van der Waals surface area contributed by atoms with E-state index in [0.717, 1.165) is 24.5 Å². The van der Waals surface area contributed by atoms with Gasteiger partial charge in [0.25, 0.3) is 0 Å². The summed E-state index contributed by atoms with van der Waals surface area (Å²) in [5.74, 6) is 0.617. The van der Waals surface area contributed by atoms with E-state index < -0.39 is 0 Å². The Hall–Kier alpha value is -1.49. The lowest BCUT2D eigenvalue weighted by molar-refractivity contribution is 0.483. The van der Waals surface area contributed by atoms with Gasteiger partial charge in [0.15, 0.2) is 0 Å². The van der Waals surface area contributed by atoms with Crippen molar-refractivity contribution in [3.05, 3.63) is 29.8 Å². The number of hydrogen-bond acceptors (Lipinski definition) is 3. The Bertz CT molecular complexity index is 515. The van der Waals surface area contributed by atoms with E-state index in [0.29, 0.717) is 5.92 Å². The Labute approximate surface area is 120 Å². The fourth-order valence-electron chi connectivity index (χ4n) is 1.84. The van der Waals surface area contributed by atoms with Crippen LogP contribution in [0.2, 0.25) is 0 Å². The number of halogens is 1. The third kappa shape index (κ3) is 3.99. The van der Waals surface area contributed by atoms with Gasteiger partial charge in [-0.25, -0.2) is 0 Å². The molecule has 0 aromatic carbocycles. The van der Waals surface area contributed by atoms with Crippen LogP contribution in [0.25, 0.3) is 0 Å². The largest absolute Gasteiger partial charge is 0.378 e. The lowest BCUT2D eigenvalue weighted by Gasteiger charge is -2.04. The van der Waals surface area contributed by atoms with Gasteiger partial charge in [0.2, 0.25) is 0 Å². The predicted molar refractivity (Wildman–Crippen MR) is 79.6 cm³/mol. The molecule has 0 saturated carbocycles. The number of nitrogens with one attached hydrogen (secondary N) is 1. The summed E-state index contributed by atoms with van der Waals surface area (Å²) in [4.78, 5) is 0. The Morgan fingerprint density at radius 2 is 2.00 bits per heavy atom. The van der Waals surface area contributed by atoms with Gasteiger partial charge < -0.3 is 5.32 Å². The SMILES string of the molecule is Cc1c(NCc2cnn(CC(C)C)c2)cnn1C.Cl. The standard InChI is InChI=1S/C13H21N5.ClH/c1-10(2)8-18-9-12(6-16-18)5-14-13-7-15-17(4)11(13)3;/h6-7,9-10,14H,5,8H2,1-4H3;1H. The lowest BCUT2D eigenvalue weighted by atomic mass is 10.2. The van der Waals surface area contributed by atoms with Crippen molar-refractivity contribution in [3.8, 4) is 0 Å². The van der Waals surface area contributed by atoms with Crippen molar-refractivity contribution in [3.63, 3.8) is 0 Å². The van der Waals surface area contributed by atoms with Gasteiger partial charge in [-0.2, -0.15) is 10.2 Å². The van der Waals surface area contributed by atoms with Crippen molar-refractivity contribution < 1.29 is 0 Å². The van der Waals surface area contributed by atoms with E-state index in [1.807, 2.05) is 28.8 Å². The molecule has 0 amide bonds. The number of rotatable bonds is 5. The summed E-state index contributed by atoms with van der Waals surface area (Å²) in [5.41, 5.74) is 3.41. The van der Waals surface area contributed by atoms with Crippen molar-refractivity contribution in [1.29, 1.82) is 0 Å². The Morgan fingerprint density at radius 1 is 1.26 bits per heavy atom. The smallest absolute Gasteiger partial charge is 0.0758 e. The van der Waals surface area contributed by atoms with Gasteiger partial charge >= 0.3 is 0 Å². The van der Waals surface area contributed by atoms with Crippen LogP contribution in [-0.4, -0.2) is 19.6 Å². The molecule has 5 nitrogen and oxygen atoms in total. The number of nitrogens with zero attached hydrogens (tertiary/aromatic N) is 4. The zero-order chi connectivity index (χ0) is 13.1. The van der Waals surface area contributed by atoms with E-state index in [4.69, 9.17) is 0 Å². The molecule has 0 saturated heterocycles. The summed E-state index contributed by atoms with van der Waals surface area (Å²) in [7, 11) is 1.95. The van der Waals surface area contributed by atoms with E-state index in [1.165, 1.54) is 5.56 Å². The average Bonchev–Trinajstić information content (AvgIpc) is 2.86. The number of anilines is 1. The van der Waals surface area contributed by atoms with Crippen LogP contribution in [0.3, 0.4) is 0 Å². The molecular formula is C13H22ClN5. The van der Waals surface area contributed by atoms with Crippen LogP contribution in [0.1, 0.15) is 25.1 Å². The molecule has 19 heavy (non-hydrogen) atoms. The number of hydrogen-bond donors (Lipinski definition) is 1. The molecule has 2 aromatic rings. The first-order chi connectivity index (χ1) is 8.56. The molecule has 106 valence electrons. The molecule has 0 fully saturated rings. The first kappa shape index (κ1) is 15.6. The highest BCUT2D eigenvalue weighted by molar-refractivity contribution is 5.85. The van der Waals surface area contributed by atoms with E-state index in [1.54, 1.807) is 0 Å². The molecule has 0 bridgehead atoms. The average molecular weight is 284 g/mol. The first-order valence-corrected chi connectivity index (χ1v) is 6.30. The van der Waals surface area contributed by atoms with Crippen molar-refractivity contribution >= 4 is 18.1 Å². The summed E-state index contributed by atoms with van der Waals surface area (Å²) < 4.78 is 3.86. The second kappa shape index (κ2) is 6.61. The molecular weight excluding hydrogens is 262 g/mol. The van der Waals surface area contributed by atoms with Crippen LogP contribution in [0, 0.1) is 12.8 Å². The van der Waals surface area contributed by atoms with E-state index in [9.17, 15) is 0 Å². The van der Waals surface area contributed by atoms with Crippen LogP contribution >= 0.6 is 12.4 Å². The highest BCUT2D eigenvalue weighted by atomic mass is 35.5. The minimum Gasteiger partial charge on any atom is -0.378 e. The van der Waals surface area contributed by atoms with E-state index in [-0.39, 0.29) is 12.4 Å². The topological polar surface area (TPSA) is 47.7 Å². The third-order valence-electron chi connectivity index (χ3n) is 2.96. The van der Waals surface area contributed by atoms with Gasteiger partial charge in [-0.3, -0.25) is 9.36 Å². The number of aryl methyl sites for hydroxylation is 1. The van der Waals surface area contributed by atoms with Crippen LogP contribution in [0.15, 0.2) is 18.6 Å². The van der Waals surface area contributed by atoms with Gasteiger partial charge in [-0.15, -0.1) is 12.4 Å². The van der Waals surface area contributed by atoms with Crippen LogP contribution in [0.5, 0.6) is 0 Å². The van der Waals surface area contributed by atoms with E-state index in [2.05, 4.69) is 42.5 Å². The predicted octanol–water partition coefficient (Wildman–Crippen LogP) is 2.61. The molecule has 0 aliphatic rings. The first-order valence-electron chi connectivity index (χ1n) is 6.30. The van der Waals surface area contributed by atoms with Gasteiger partial charge in [0.1, 0.15) is 0 Å². The Morgan fingerprint density at radius 3 is 2.58 bits per heavy atom. The molecule has 2 rings (SSSR count). The molecule has 2 aromatic heterocycles. The molecule has 6 heteroatoms. The summed E-state index contributed by atoms with van der Waals surface area (Å²) in [6.07, 6.45) is 5.87. The maximum absolute atomic E-state index is 4.35. The zero-order valence-corrected chi connectivity index (χ0v) is 12.7. The third-order valence-corrected chi connectivity index (χ3v) is 2.96. The quantitative estimate of drug-likeness (QED) is 0.918.